The van der Waals surface area contributed by atoms with Crippen molar-refractivity contribution in [2.24, 2.45) is 0 Å². The van der Waals surface area contributed by atoms with Crippen molar-refractivity contribution in [3.8, 4) is 39.9 Å². The van der Waals surface area contributed by atoms with Crippen LogP contribution in [0.4, 0.5) is 0 Å². The molecular formula is C25H26O7. The third-order valence-electron chi connectivity index (χ3n) is 5.93. The first kappa shape index (κ1) is 20.7. The molecule has 0 amide bonds. The summed E-state index contributed by atoms with van der Waals surface area (Å²) in [5.74, 6) is 2.48. The highest BCUT2D eigenvalue weighted by Gasteiger charge is 2.28. The summed E-state index contributed by atoms with van der Waals surface area (Å²) in [4.78, 5) is 0. The Labute approximate surface area is 186 Å². The van der Waals surface area contributed by atoms with Gasteiger partial charge in [0.1, 0.15) is 0 Å². The van der Waals surface area contributed by atoms with Crippen molar-refractivity contribution >= 4 is 10.8 Å². The molecule has 32 heavy (non-hydrogen) atoms. The second-order valence-corrected chi connectivity index (χ2v) is 8.21. The first-order valence-electron chi connectivity index (χ1n) is 10.4. The minimum atomic E-state index is -0.689. The van der Waals surface area contributed by atoms with Crippen LogP contribution in [0.5, 0.6) is 28.7 Å². The molecule has 0 saturated carbocycles. The molecule has 0 saturated heterocycles. The Bertz CT molecular complexity index is 1170. The summed E-state index contributed by atoms with van der Waals surface area (Å²) in [6.07, 6.45) is 0. The molecule has 2 aliphatic rings. The zero-order valence-electron chi connectivity index (χ0n) is 18.9. The minimum Gasteiger partial charge on any atom is -0.493 e. The Morgan fingerprint density at radius 1 is 0.781 bits per heavy atom. The molecule has 0 spiro atoms. The molecule has 0 unspecified atom stereocenters. The predicted molar refractivity (Wildman–Crippen MR) is 119 cm³/mol. The number of fused-ring (bicyclic) bond motifs is 3. The summed E-state index contributed by atoms with van der Waals surface area (Å²) in [5.41, 5.74) is 4.04. The molecule has 0 atom stereocenters. The van der Waals surface area contributed by atoms with Gasteiger partial charge in [0, 0.05) is 0 Å². The molecule has 2 heterocycles. The van der Waals surface area contributed by atoms with Gasteiger partial charge in [0.05, 0.1) is 34.5 Å². The molecule has 0 fully saturated rings. The fourth-order valence-electron chi connectivity index (χ4n) is 4.28. The van der Waals surface area contributed by atoms with E-state index in [9.17, 15) is 0 Å². The van der Waals surface area contributed by atoms with Crippen LogP contribution in [0.3, 0.4) is 0 Å². The zero-order valence-corrected chi connectivity index (χ0v) is 18.9. The second kappa shape index (κ2) is 7.76. The summed E-state index contributed by atoms with van der Waals surface area (Å²) >= 11 is 0. The Morgan fingerprint density at radius 2 is 1.44 bits per heavy atom. The highest BCUT2D eigenvalue weighted by atomic mass is 16.7. The molecular weight excluding hydrogens is 412 g/mol. The molecule has 0 bridgehead atoms. The van der Waals surface area contributed by atoms with E-state index in [2.05, 4.69) is 6.07 Å². The number of benzene rings is 3. The van der Waals surface area contributed by atoms with Crippen molar-refractivity contribution in [3.63, 3.8) is 0 Å². The summed E-state index contributed by atoms with van der Waals surface area (Å²) in [6, 6.07) is 10.1. The smallest absolute Gasteiger partial charge is 0.231 e. The number of hydrogen-bond donors (Lipinski definition) is 0. The van der Waals surface area contributed by atoms with E-state index in [0.29, 0.717) is 30.5 Å². The third kappa shape index (κ3) is 3.38. The van der Waals surface area contributed by atoms with Gasteiger partial charge >= 0.3 is 0 Å². The summed E-state index contributed by atoms with van der Waals surface area (Å²) in [5, 5.41) is 2.05. The number of methoxy groups -OCH3 is 3. The normalized spacial score (nSPS) is 16.4. The highest BCUT2D eigenvalue weighted by molar-refractivity contribution is 6.01. The van der Waals surface area contributed by atoms with Gasteiger partial charge in [-0.15, -0.1) is 0 Å². The topological polar surface area (TPSA) is 64.6 Å². The van der Waals surface area contributed by atoms with E-state index < -0.39 is 5.79 Å². The maximum absolute atomic E-state index is 6.11. The Morgan fingerprint density at radius 3 is 2.09 bits per heavy atom. The van der Waals surface area contributed by atoms with E-state index in [1.165, 1.54) is 0 Å². The largest absolute Gasteiger partial charge is 0.493 e. The molecule has 2 aliphatic heterocycles. The molecule has 0 radical (unpaired) electrons. The van der Waals surface area contributed by atoms with E-state index >= 15 is 0 Å². The van der Waals surface area contributed by atoms with Gasteiger partial charge in [-0.1, -0.05) is 0 Å². The highest BCUT2D eigenvalue weighted by Crippen LogP contribution is 2.47. The van der Waals surface area contributed by atoms with Gasteiger partial charge in [0.15, 0.2) is 28.8 Å². The lowest BCUT2D eigenvalue weighted by Crippen LogP contribution is -2.25. The SMILES string of the molecule is COc1cc(-c2c3c(cc4cc5c(cc24)OCO5)COC(C)(C)OC3)cc(OC)c1OC. The fourth-order valence-corrected chi connectivity index (χ4v) is 4.28. The number of ether oxygens (including phenoxy) is 7. The van der Waals surface area contributed by atoms with Crippen LogP contribution in [-0.4, -0.2) is 33.9 Å². The zero-order chi connectivity index (χ0) is 22.5. The van der Waals surface area contributed by atoms with E-state index in [1.807, 2.05) is 38.1 Å². The lowest BCUT2D eigenvalue weighted by molar-refractivity contribution is -0.219. The van der Waals surface area contributed by atoms with Crippen molar-refractivity contribution in [1.82, 2.24) is 0 Å². The van der Waals surface area contributed by atoms with Crippen molar-refractivity contribution in [2.45, 2.75) is 32.8 Å². The van der Waals surface area contributed by atoms with Crippen LogP contribution in [0.25, 0.3) is 21.9 Å². The first-order chi connectivity index (χ1) is 15.4. The van der Waals surface area contributed by atoms with Gasteiger partial charge in [-0.05, 0) is 77.2 Å². The van der Waals surface area contributed by atoms with Crippen molar-refractivity contribution < 1.29 is 33.2 Å². The predicted octanol–water partition coefficient (Wildman–Crippen LogP) is 5.04. The van der Waals surface area contributed by atoms with Crippen LogP contribution < -0.4 is 23.7 Å². The molecule has 168 valence electrons. The first-order valence-corrected chi connectivity index (χ1v) is 10.4. The molecule has 0 aliphatic carbocycles. The summed E-state index contributed by atoms with van der Waals surface area (Å²) in [6.45, 7) is 4.90. The Kier molecular flexibility index (Phi) is 5.03. The van der Waals surface area contributed by atoms with Gasteiger partial charge in [0.2, 0.25) is 12.5 Å². The second-order valence-electron chi connectivity index (χ2n) is 8.21. The lowest BCUT2D eigenvalue weighted by Gasteiger charge is -2.22. The molecule has 7 heteroatoms. The average molecular weight is 438 g/mol. The number of rotatable bonds is 4. The van der Waals surface area contributed by atoms with E-state index in [4.69, 9.17) is 33.2 Å². The minimum absolute atomic E-state index is 0.214. The van der Waals surface area contributed by atoms with Gasteiger partial charge < -0.3 is 33.2 Å². The maximum atomic E-state index is 6.11. The Hall–Kier alpha value is -3.16. The van der Waals surface area contributed by atoms with E-state index in [1.54, 1.807) is 21.3 Å². The van der Waals surface area contributed by atoms with Crippen molar-refractivity contribution in [1.29, 1.82) is 0 Å². The van der Waals surface area contributed by atoms with E-state index in [0.717, 1.165) is 44.5 Å². The summed E-state index contributed by atoms with van der Waals surface area (Å²) < 4.78 is 40.2. The van der Waals surface area contributed by atoms with Gasteiger partial charge in [-0.25, -0.2) is 0 Å². The molecule has 3 aromatic carbocycles. The molecule has 3 aromatic rings. The maximum Gasteiger partial charge on any atom is 0.231 e. The molecule has 0 N–H and O–H groups in total. The van der Waals surface area contributed by atoms with Gasteiger partial charge in [-0.3, -0.25) is 0 Å². The van der Waals surface area contributed by atoms with Crippen LogP contribution in [0.2, 0.25) is 0 Å². The van der Waals surface area contributed by atoms with Crippen molar-refractivity contribution in [2.75, 3.05) is 28.1 Å². The number of hydrogen-bond acceptors (Lipinski definition) is 7. The van der Waals surface area contributed by atoms with Crippen molar-refractivity contribution in [3.05, 3.63) is 41.5 Å². The molecule has 7 nitrogen and oxygen atoms in total. The van der Waals surface area contributed by atoms with Gasteiger partial charge in [-0.2, -0.15) is 0 Å². The Balaban J connectivity index is 1.83. The van der Waals surface area contributed by atoms with Crippen LogP contribution in [0.1, 0.15) is 25.0 Å². The fraction of sp³-hybridized carbons (Fsp3) is 0.360. The standard InChI is InChI=1S/C25H26O7/c1-25(2)31-11-16-6-14-7-19-20(30-13-29-19)10-17(14)23(18(16)12-32-25)15-8-21(26-3)24(28-5)22(9-15)27-4/h6-10H,11-13H2,1-5H3. The lowest BCUT2D eigenvalue weighted by atomic mass is 9.89. The van der Waals surface area contributed by atoms with Crippen LogP contribution in [-0.2, 0) is 22.7 Å². The monoisotopic (exact) mass is 438 g/mol. The quantitative estimate of drug-likeness (QED) is 0.565. The van der Waals surface area contributed by atoms with Gasteiger partial charge in [0.25, 0.3) is 0 Å². The van der Waals surface area contributed by atoms with Crippen LogP contribution >= 0.6 is 0 Å². The van der Waals surface area contributed by atoms with Crippen LogP contribution in [0, 0.1) is 0 Å². The van der Waals surface area contributed by atoms with Crippen LogP contribution in [0.15, 0.2) is 30.3 Å². The average Bonchev–Trinajstić information content (AvgIpc) is 3.19. The molecule has 5 rings (SSSR count). The third-order valence-corrected chi connectivity index (χ3v) is 5.93. The molecule has 0 aromatic heterocycles. The van der Waals surface area contributed by atoms with E-state index in [-0.39, 0.29) is 6.79 Å². The summed E-state index contributed by atoms with van der Waals surface area (Å²) in [7, 11) is 4.82.